The third kappa shape index (κ3) is 2.63. The second-order valence-electron chi connectivity index (χ2n) is 4.12. The lowest BCUT2D eigenvalue weighted by molar-refractivity contribution is 0.121. The van der Waals surface area contributed by atoms with Crippen LogP contribution in [-0.2, 0) is 4.74 Å². The van der Waals surface area contributed by atoms with Crippen LogP contribution in [0.1, 0.15) is 18.5 Å². The second-order valence-corrected chi connectivity index (χ2v) is 4.98. The summed E-state index contributed by atoms with van der Waals surface area (Å²) in [6.45, 7) is 3.10. The quantitative estimate of drug-likeness (QED) is 0.891. The maximum atomic E-state index is 9.65. The largest absolute Gasteiger partial charge is 0.389 e. The highest BCUT2D eigenvalue weighted by atomic mass is 79.9. The lowest BCUT2D eigenvalue weighted by Crippen LogP contribution is -2.40. The molecule has 1 aromatic carbocycles. The molecule has 0 amide bonds. The maximum absolute atomic E-state index is 9.65. The lowest BCUT2D eigenvalue weighted by Gasteiger charge is -2.21. The molecular weight excluding hydrogens is 270 g/mol. The van der Waals surface area contributed by atoms with Gasteiger partial charge in [0.1, 0.15) is 0 Å². The normalized spacial score (nSPS) is 26.9. The first kappa shape index (κ1) is 12.0. The van der Waals surface area contributed by atoms with Crippen molar-refractivity contribution < 1.29 is 9.84 Å². The molecule has 1 aliphatic rings. The molecule has 1 saturated heterocycles. The van der Waals surface area contributed by atoms with Crippen LogP contribution in [-0.4, -0.2) is 30.5 Å². The molecule has 1 fully saturated rings. The highest BCUT2D eigenvalue weighted by Crippen LogP contribution is 2.23. The van der Waals surface area contributed by atoms with Crippen molar-refractivity contribution in [2.24, 2.45) is 0 Å². The van der Waals surface area contributed by atoms with E-state index in [4.69, 9.17) is 4.74 Å². The predicted octanol–water partition coefficient (Wildman–Crippen LogP) is 1.86. The standard InChI is InChI=1S/C12H16BrNO2/c1-8(9-4-2-3-5-10(9)13)14-11-6-16-7-12(11)15/h2-5,8,11-12,14-15H,6-7H2,1H3/t8-,11?,12?/m0/s1. The Bertz CT molecular complexity index is 359. The Labute approximate surface area is 104 Å². The summed E-state index contributed by atoms with van der Waals surface area (Å²) in [5.74, 6) is 0. The zero-order valence-corrected chi connectivity index (χ0v) is 10.8. The summed E-state index contributed by atoms with van der Waals surface area (Å²) in [7, 11) is 0. The Hall–Kier alpha value is -0.420. The summed E-state index contributed by atoms with van der Waals surface area (Å²) in [6.07, 6.45) is -0.398. The molecule has 0 spiro atoms. The van der Waals surface area contributed by atoms with Crippen molar-refractivity contribution in [3.05, 3.63) is 34.3 Å². The van der Waals surface area contributed by atoms with Crippen molar-refractivity contribution in [1.82, 2.24) is 5.32 Å². The van der Waals surface area contributed by atoms with Gasteiger partial charge in [-0.05, 0) is 18.6 Å². The Kier molecular flexibility index (Phi) is 3.97. The highest BCUT2D eigenvalue weighted by Gasteiger charge is 2.27. The van der Waals surface area contributed by atoms with Gasteiger partial charge >= 0.3 is 0 Å². The number of hydrogen-bond donors (Lipinski definition) is 2. The number of benzene rings is 1. The van der Waals surface area contributed by atoms with Crippen LogP contribution in [0.25, 0.3) is 0 Å². The molecule has 4 heteroatoms. The molecule has 88 valence electrons. The second kappa shape index (κ2) is 5.27. The van der Waals surface area contributed by atoms with E-state index < -0.39 is 6.10 Å². The van der Waals surface area contributed by atoms with Crippen molar-refractivity contribution >= 4 is 15.9 Å². The van der Waals surface area contributed by atoms with Crippen molar-refractivity contribution in [3.63, 3.8) is 0 Å². The van der Waals surface area contributed by atoms with Crippen LogP contribution in [0.3, 0.4) is 0 Å². The fraction of sp³-hybridized carbons (Fsp3) is 0.500. The Morgan fingerprint density at radius 3 is 2.81 bits per heavy atom. The van der Waals surface area contributed by atoms with E-state index in [0.29, 0.717) is 13.2 Å². The first-order valence-corrected chi connectivity index (χ1v) is 6.24. The van der Waals surface area contributed by atoms with Gasteiger partial charge in [0.05, 0.1) is 25.4 Å². The number of hydrogen-bond acceptors (Lipinski definition) is 3. The van der Waals surface area contributed by atoms with Gasteiger partial charge in [-0.15, -0.1) is 0 Å². The monoisotopic (exact) mass is 285 g/mol. The van der Waals surface area contributed by atoms with Crippen molar-refractivity contribution in [2.75, 3.05) is 13.2 Å². The first-order valence-electron chi connectivity index (χ1n) is 5.45. The van der Waals surface area contributed by atoms with Crippen LogP contribution in [0, 0.1) is 0 Å². The molecule has 0 saturated carbocycles. The van der Waals surface area contributed by atoms with Crippen LogP contribution in [0.15, 0.2) is 28.7 Å². The summed E-state index contributed by atoms with van der Waals surface area (Å²) in [4.78, 5) is 0. The molecule has 2 N–H and O–H groups in total. The number of rotatable bonds is 3. The average molecular weight is 286 g/mol. The molecule has 2 rings (SSSR count). The molecule has 0 radical (unpaired) electrons. The van der Waals surface area contributed by atoms with E-state index in [2.05, 4.69) is 34.2 Å². The topological polar surface area (TPSA) is 41.5 Å². The van der Waals surface area contributed by atoms with Crippen LogP contribution in [0.5, 0.6) is 0 Å². The average Bonchev–Trinajstić information content (AvgIpc) is 2.65. The van der Waals surface area contributed by atoms with Gasteiger partial charge in [0.15, 0.2) is 0 Å². The molecule has 16 heavy (non-hydrogen) atoms. The maximum Gasteiger partial charge on any atom is 0.0948 e. The molecule has 0 bridgehead atoms. The summed E-state index contributed by atoms with van der Waals surface area (Å²) in [5, 5.41) is 13.0. The number of nitrogens with one attached hydrogen (secondary N) is 1. The van der Waals surface area contributed by atoms with Gasteiger partial charge < -0.3 is 15.2 Å². The summed E-state index contributed by atoms with van der Waals surface area (Å²) >= 11 is 3.53. The third-order valence-electron chi connectivity index (χ3n) is 2.89. The molecule has 1 heterocycles. The number of aliphatic hydroxyl groups excluding tert-OH is 1. The summed E-state index contributed by atoms with van der Waals surface area (Å²) in [5.41, 5.74) is 1.20. The van der Waals surface area contributed by atoms with E-state index in [1.165, 1.54) is 5.56 Å². The third-order valence-corrected chi connectivity index (χ3v) is 3.61. The van der Waals surface area contributed by atoms with Gasteiger partial charge in [0.25, 0.3) is 0 Å². The predicted molar refractivity (Wildman–Crippen MR) is 66.3 cm³/mol. The van der Waals surface area contributed by atoms with Crippen LogP contribution >= 0.6 is 15.9 Å². The molecule has 3 atom stereocenters. The van der Waals surface area contributed by atoms with Crippen molar-refractivity contribution in [2.45, 2.75) is 25.1 Å². The molecule has 0 aliphatic carbocycles. The Balaban J connectivity index is 2.03. The van der Waals surface area contributed by atoms with Gasteiger partial charge in [-0.2, -0.15) is 0 Å². The Morgan fingerprint density at radius 1 is 1.44 bits per heavy atom. The smallest absolute Gasteiger partial charge is 0.0948 e. The van der Waals surface area contributed by atoms with Gasteiger partial charge in [0, 0.05) is 10.5 Å². The zero-order chi connectivity index (χ0) is 11.5. The number of aliphatic hydroxyl groups is 1. The molecule has 1 aromatic rings. The van der Waals surface area contributed by atoms with E-state index in [1.54, 1.807) is 0 Å². The first-order chi connectivity index (χ1) is 7.68. The fourth-order valence-electron chi connectivity index (χ4n) is 1.94. The molecule has 1 aliphatic heterocycles. The van der Waals surface area contributed by atoms with E-state index in [0.717, 1.165) is 4.47 Å². The van der Waals surface area contributed by atoms with Crippen molar-refractivity contribution in [1.29, 1.82) is 0 Å². The minimum absolute atomic E-state index is 0.0297. The Morgan fingerprint density at radius 2 is 2.19 bits per heavy atom. The van der Waals surface area contributed by atoms with Crippen LogP contribution in [0.4, 0.5) is 0 Å². The lowest BCUT2D eigenvalue weighted by atomic mass is 10.1. The zero-order valence-electron chi connectivity index (χ0n) is 9.19. The molecule has 3 nitrogen and oxygen atoms in total. The minimum Gasteiger partial charge on any atom is -0.389 e. The molecule has 2 unspecified atom stereocenters. The van der Waals surface area contributed by atoms with Crippen LogP contribution < -0.4 is 5.32 Å². The fourth-order valence-corrected chi connectivity index (χ4v) is 2.57. The van der Waals surface area contributed by atoms with Crippen LogP contribution in [0.2, 0.25) is 0 Å². The van der Waals surface area contributed by atoms with Gasteiger partial charge in [-0.25, -0.2) is 0 Å². The van der Waals surface area contributed by atoms with E-state index >= 15 is 0 Å². The summed E-state index contributed by atoms with van der Waals surface area (Å²) < 4.78 is 6.30. The van der Waals surface area contributed by atoms with Gasteiger partial charge in [-0.3, -0.25) is 0 Å². The number of halogens is 1. The van der Waals surface area contributed by atoms with E-state index in [9.17, 15) is 5.11 Å². The summed E-state index contributed by atoms with van der Waals surface area (Å²) in [6, 6.07) is 8.33. The SMILES string of the molecule is C[C@H](NC1COCC1O)c1ccccc1Br. The van der Waals surface area contributed by atoms with Crippen molar-refractivity contribution in [3.8, 4) is 0 Å². The van der Waals surface area contributed by atoms with Gasteiger partial charge in [-0.1, -0.05) is 34.1 Å². The van der Waals surface area contributed by atoms with E-state index in [-0.39, 0.29) is 12.1 Å². The molecule has 0 aromatic heterocycles. The number of ether oxygens (including phenoxy) is 1. The van der Waals surface area contributed by atoms with E-state index in [1.807, 2.05) is 18.2 Å². The van der Waals surface area contributed by atoms with Gasteiger partial charge in [0.2, 0.25) is 0 Å². The minimum atomic E-state index is -0.398. The highest BCUT2D eigenvalue weighted by molar-refractivity contribution is 9.10. The molecular formula is C12H16BrNO2.